The minimum Gasteiger partial charge on any atom is -0.454 e. The van der Waals surface area contributed by atoms with Gasteiger partial charge in [0, 0.05) is 17.7 Å². The number of carbonyl (C=O) groups excluding carboxylic acids is 2. The highest BCUT2D eigenvalue weighted by Gasteiger charge is 2.26. The highest BCUT2D eigenvalue weighted by molar-refractivity contribution is 5.93. The normalized spacial score (nSPS) is 18.2. The van der Waals surface area contributed by atoms with Crippen molar-refractivity contribution < 1.29 is 19.1 Å². The van der Waals surface area contributed by atoms with Crippen molar-refractivity contribution in [2.24, 2.45) is 11.7 Å². The fraction of sp³-hybridized carbons (Fsp3) is 0.467. The van der Waals surface area contributed by atoms with Gasteiger partial charge in [-0.15, -0.1) is 0 Å². The zero-order valence-electron chi connectivity index (χ0n) is 12.2. The number of hydrogen-bond acceptors (Lipinski definition) is 5. The van der Waals surface area contributed by atoms with Crippen LogP contribution in [0.4, 0.5) is 5.69 Å². The Labute approximate surface area is 128 Å². The Morgan fingerprint density at radius 2 is 1.95 bits per heavy atom. The van der Waals surface area contributed by atoms with Crippen LogP contribution in [0.2, 0.25) is 0 Å². The van der Waals surface area contributed by atoms with Crippen molar-refractivity contribution in [3.63, 3.8) is 0 Å². The number of nitrogens with two attached hydrogens (primary N) is 1. The maximum absolute atomic E-state index is 12.3. The molecule has 3 rings (SSSR count). The summed E-state index contributed by atoms with van der Waals surface area (Å²) in [5, 5.41) is 2.91. The van der Waals surface area contributed by atoms with E-state index in [1.165, 1.54) is 0 Å². The summed E-state index contributed by atoms with van der Waals surface area (Å²) < 4.78 is 10.5. The number of piperidine rings is 1. The van der Waals surface area contributed by atoms with Crippen molar-refractivity contribution in [2.45, 2.75) is 12.8 Å². The van der Waals surface area contributed by atoms with Crippen LogP contribution in [-0.4, -0.2) is 43.1 Å². The van der Waals surface area contributed by atoms with E-state index in [9.17, 15) is 9.59 Å². The van der Waals surface area contributed by atoms with Crippen molar-refractivity contribution in [1.29, 1.82) is 0 Å². The maximum atomic E-state index is 12.3. The number of ether oxygens (including phenoxy) is 2. The Hall–Kier alpha value is -2.28. The zero-order chi connectivity index (χ0) is 15.5. The molecule has 118 valence electrons. The molecule has 0 radical (unpaired) electrons. The number of nitrogens with zero attached hydrogens (tertiary/aromatic N) is 1. The molecule has 0 saturated carbocycles. The summed E-state index contributed by atoms with van der Waals surface area (Å²) in [6.07, 6.45) is 1.45. The Balaban J connectivity index is 1.53. The second kappa shape index (κ2) is 6.23. The standard InChI is InChI=1S/C15H19N3O4/c16-14(19)8-18-5-3-10(4-6-18)15(20)17-11-1-2-12-13(7-11)22-9-21-12/h1-2,7,10H,3-6,8-9H2,(H2,16,19)(H,17,20). The van der Waals surface area contributed by atoms with Gasteiger partial charge in [-0.1, -0.05) is 0 Å². The summed E-state index contributed by atoms with van der Waals surface area (Å²) >= 11 is 0. The minimum atomic E-state index is -0.330. The molecule has 0 bridgehead atoms. The molecule has 0 unspecified atom stereocenters. The van der Waals surface area contributed by atoms with Gasteiger partial charge >= 0.3 is 0 Å². The largest absolute Gasteiger partial charge is 0.454 e. The van der Waals surface area contributed by atoms with E-state index in [2.05, 4.69) is 5.32 Å². The molecule has 0 spiro atoms. The van der Waals surface area contributed by atoms with E-state index in [4.69, 9.17) is 15.2 Å². The van der Waals surface area contributed by atoms with Gasteiger partial charge in [-0.2, -0.15) is 0 Å². The third-order valence-electron chi connectivity index (χ3n) is 3.98. The maximum Gasteiger partial charge on any atom is 0.231 e. The van der Waals surface area contributed by atoms with Crippen LogP contribution in [0.5, 0.6) is 11.5 Å². The van der Waals surface area contributed by atoms with E-state index < -0.39 is 0 Å². The number of carbonyl (C=O) groups is 2. The lowest BCUT2D eigenvalue weighted by atomic mass is 9.96. The zero-order valence-corrected chi connectivity index (χ0v) is 12.2. The first-order valence-corrected chi connectivity index (χ1v) is 7.33. The van der Waals surface area contributed by atoms with Gasteiger partial charge in [0.25, 0.3) is 0 Å². The van der Waals surface area contributed by atoms with Crippen molar-refractivity contribution in [1.82, 2.24) is 4.90 Å². The highest BCUT2D eigenvalue weighted by Crippen LogP contribution is 2.34. The lowest BCUT2D eigenvalue weighted by molar-refractivity contribution is -0.122. The second-order valence-electron chi connectivity index (χ2n) is 5.57. The first-order chi connectivity index (χ1) is 10.6. The fourth-order valence-corrected chi connectivity index (χ4v) is 2.79. The van der Waals surface area contributed by atoms with Gasteiger partial charge in [0.1, 0.15) is 0 Å². The molecular formula is C15H19N3O4. The van der Waals surface area contributed by atoms with E-state index in [0.29, 0.717) is 30.3 Å². The molecule has 3 N–H and O–H groups in total. The summed E-state index contributed by atoms with van der Waals surface area (Å²) in [5.74, 6) is 0.960. The molecule has 22 heavy (non-hydrogen) atoms. The van der Waals surface area contributed by atoms with Crippen LogP contribution < -0.4 is 20.5 Å². The van der Waals surface area contributed by atoms with Gasteiger partial charge in [-0.05, 0) is 38.1 Å². The Morgan fingerprint density at radius 1 is 1.23 bits per heavy atom. The predicted octanol–water partition coefficient (Wildman–Crippen LogP) is 0.551. The quantitative estimate of drug-likeness (QED) is 0.847. The third-order valence-corrected chi connectivity index (χ3v) is 3.98. The molecule has 0 atom stereocenters. The summed E-state index contributed by atoms with van der Waals surface area (Å²) in [6.45, 7) is 1.89. The summed E-state index contributed by atoms with van der Waals surface area (Å²) in [4.78, 5) is 25.2. The van der Waals surface area contributed by atoms with Crippen LogP contribution in [0.1, 0.15) is 12.8 Å². The van der Waals surface area contributed by atoms with E-state index in [1.807, 2.05) is 4.90 Å². The van der Waals surface area contributed by atoms with Crippen molar-refractivity contribution >= 4 is 17.5 Å². The number of hydrogen-bond donors (Lipinski definition) is 2. The number of likely N-dealkylation sites (tertiary alicyclic amines) is 1. The Morgan fingerprint density at radius 3 is 2.68 bits per heavy atom. The van der Waals surface area contributed by atoms with E-state index in [-0.39, 0.29) is 31.1 Å². The lowest BCUT2D eigenvalue weighted by Crippen LogP contribution is -2.42. The molecule has 7 nitrogen and oxygen atoms in total. The van der Waals surface area contributed by atoms with Gasteiger partial charge in [0.05, 0.1) is 6.54 Å². The van der Waals surface area contributed by atoms with E-state index in [1.54, 1.807) is 18.2 Å². The van der Waals surface area contributed by atoms with Crippen LogP contribution in [-0.2, 0) is 9.59 Å². The first-order valence-electron chi connectivity index (χ1n) is 7.33. The number of nitrogens with one attached hydrogen (secondary N) is 1. The molecule has 2 aliphatic heterocycles. The highest BCUT2D eigenvalue weighted by atomic mass is 16.7. The van der Waals surface area contributed by atoms with Gasteiger partial charge in [0.2, 0.25) is 18.6 Å². The first kappa shape index (κ1) is 14.6. The number of rotatable bonds is 4. The molecule has 1 fully saturated rings. The monoisotopic (exact) mass is 305 g/mol. The van der Waals surface area contributed by atoms with Crippen molar-refractivity contribution in [2.75, 3.05) is 31.7 Å². The molecule has 2 heterocycles. The molecule has 1 aromatic carbocycles. The van der Waals surface area contributed by atoms with E-state index in [0.717, 1.165) is 12.8 Å². The summed E-state index contributed by atoms with van der Waals surface area (Å²) in [6, 6.07) is 5.35. The molecule has 0 aliphatic carbocycles. The molecule has 1 saturated heterocycles. The lowest BCUT2D eigenvalue weighted by Gasteiger charge is -2.30. The van der Waals surface area contributed by atoms with Crippen molar-refractivity contribution in [3.8, 4) is 11.5 Å². The van der Waals surface area contributed by atoms with Crippen LogP contribution in [0, 0.1) is 5.92 Å². The number of primary amides is 1. The topological polar surface area (TPSA) is 93.9 Å². The number of benzene rings is 1. The van der Waals surface area contributed by atoms with Crippen LogP contribution in [0.25, 0.3) is 0 Å². The molecule has 1 aromatic rings. The molecule has 2 aliphatic rings. The van der Waals surface area contributed by atoms with Gasteiger partial charge in [-0.3, -0.25) is 14.5 Å². The summed E-state index contributed by atoms with van der Waals surface area (Å²) in [5.41, 5.74) is 5.89. The third kappa shape index (κ3) is 3.30. The fourth-order valence-electron chi connectivity index (χ4n) is 2.79. The molecule has 7 heteroatoms. The van der Waals surface area contributed by atoms with Gasteiger partial charge in [-0.25, -0.2) is 0 Å². The van der Waals surface area contributed by atoms with Crippen LogP contribution in [0.15, 0.2) is 18.2 Å². The van der Waals surface area contributed by atoms with Gasteiger partial charge in [0.15, 0.2) is 11.5 Å². The average molecular weight is 305 g/mol. The van der Waals surface area contributed by atoms with Gasteiger partial charge < -0.3 is 20.5 Å². The molecule has 2 amide bonds. The number of anilines is 1. The minimum absolute atomic E-state index is 0.00223. The van der Waals surface area contributed by atoms with Crippen molar-refractivity contribution in [3.05, 3.63) is 18.2 Å². The molecular weight excluding hydrogens is 286 g/mol. The Bertz CT molecular complexity index is 582. The van der Waals surface area contributed by atoms with E-state index >= 15 is 0 Å². The number of fused-ring (bicyclic) bond motifs is 1. The SMILES string of the molecule is NC(=O)CN1CCC(C(=O)Nc2ccc3c(c2)OCO3)CC1. The van der Waals surface area contributed by atoms with Crippen LogP contribution in [0.3, 0.4) is 0 Å². The smallest absolute Gasteiger partial charge is 0.231 e. The predicted molar refractivity (Wildman–Crippen MR) is 79.6 cm³/mol. The summed E-state index contributed by atoms with van der Waals surface area (Å²) in [7, 11) is 0. The number of amides is 2. The average Bonchev–Trinajstić information content (AvgIpc) is 2.95. The Kier molecular flexibility index (Phi) is 4.15. The van der Waals surface area contributed by atoms with Crippen LogP contribution >= 0.6 is 0 Å². The molecule has 0 aromatic heterocycles. The second-order valence-corrected chi connectivity index (χ2v) is 5.57.